The summed E-state index contributed by atoms with van der Waals surface area (Å²) in [5.41, 5.74) is 7.01. The lowest BCUT2D eigenvalue weighted by Gasteiger charge is -2.03. The van der Waals surface area contributed by atoms with Gasteiger partial charge in [0.25, 0.3) is 5.91 Å². The molecule has 80 valence electrons. The van der Waals surface area contributed by atoms with Crippen LogP contribution in [0.1, 0.15) is 10.5 Å². The van der Waals surface area contributed by atoms with E-state index >= 15 is 0 Å². The maximum atomic E-state index is 11.7. The molecule has 2 aromatic heterocycles. The number of hydrogen-bond acceptors (Lipinski definition) is 4. The first-order valence-electron chi connectivity index (χ1n) is 4.68. The summed E-state index contributed by atoms with van der Waals surface area (Å²) in [6.07, 6.45) is 4.65. The number of pyridine rings is 2. The fraction of sp³-hybridized carbons (Fsp3) is 0. The fourth-order valence-electron chi connectivity index (χ4n) is 1.17. The van der Waals surface area contributed by atoms with Crippen LogP contribution in [0.4, 0.5) is 11.4 Å². The van der Waals surface area contributed by atoms with E-state index in [9.17, 15) is 4.79 Å². The third kappa shape index (κ3) is 2.33. The highest BCUT2D eigenvalue weighted by molar-refractivity contribution is 6.02. The predicted molar refractivity (Wildman–Crippen MR) is 60.8 cm³/mol. The molecule has 5 heteroatoms. The maximum Gasteiger partial charge on any atom is 0.274 e. The van der Waals surface area contributed by atoms with E-state index in [2.05, 4.69) is 15.3 Å². The van der Waals surface area contributed by atoms with E-state index in [1.54, 1.807) is 36.7 Å². The lowest BCUT2D eigenvalue weighted by molar-refractivity contribution is 0.102. The smallest absolute Gasteiger partial charge is 0.274 e. The molecule has 0 spiro atoms. The van der Waals surface area contributed by atoms with Crippen molar-refractivity contribution in [1.82, 2.24) is 9.97 Å². The molecule has 0 aliphatic heterocycles. The number of hydrogen-bond donors (Lipinski definition) is 2. The summed E-state index contributed by atoms with van der Waals surface area (Å²) < 4.78 is 0. The van der Waals surface area contributed by atoms with Crippen molar-refractivity contribution >= 4 is 17.3 Å². The SMILES string of the molecule is Nc1ccc(C(=O)Nc2ccncc2)nc1. The zero-order chi connectivity index (χ0) is 11.4. The van der Waals surface area contributed by atoms with Gasteiger partial charge in [-0.2, -0.15) is 0 Å². The van der Waals surface area contributed by atoms with E-state index in [0.717, 1.165) is 0 Å². The molecule has 0 aliphatic carbocycles. The Morgan fingerprint density at radius 3 is 2.56 bits per heavy atom. The molecular weight excluding hydrogens is 204 g/mol. The summed E-state index contributed by atoms with van der Waals surface area (Å²) in [7, 11) is 0. The first kappa shape index (κ1) is 10.1. The van der Waals surface area contributed by atoms with Crippen LogP contribution >= 0.6 is 0 Å². The highest BCUT2D eigenvalue weighted by atomic mass is 16.1. The normalized spacial score (nSPS) is 9.75. The van der Waals surface area contributed by atoms with Gasteiger partial charge in [-0.05, 0) is 24.3 Å². The molecule has 0 saturated carbocycles. The number of amides is 1. The second-order valence-electron chi connectivity index (χ2n) is 3.17. The van der Waals surface area contributed by atoms with Crippen LogP contribution < -0.4 is 11.1 Å². The fourth-order valence-corrected chi connectivity index (χ4v) is 1.17. The van der Waals surface area contributed by atoms with Gasteiger partial charge in [0.1, 0.15) is 5.69 Å². The molecule has 3 N–H and O–H groups in total. The van der Waals surface area contributed by atoms with Crippen LogP contribution in [0.15, 0.2) is 42.9 Å². The Labute approximate surface area is 92.3 Å². The van der Waals surface area contributed by atoms with E-state index in [4.69, 9.17) is 5.73 Å². The van der Waals surface area contributed by atoms with Crippen molar-refractivity contribution in [2.75, 3.05) is 11.1 Å². The van der Waals surface area contributed by atoms with E-state index in [1.165, 1.54) is 6.20 Å². The molecule has 0 bridgehead atoms. The summed E-state index contributed by atoms with van der Waals surface area (Å²) in [5, 5.41) is 2.70. The Balaban J connectivity index is 2.12. The summed E-state index contributed by atoms with van der Waals surface area (Å²) in [4.78, 5) is 19.5. The lowest BCUT2D eigenvalue weighted by atomic mass is 10.3. The average molecular weight is 214 g/mol. The summed E-state index contributed by atoms with van der Waals surface area (Å²) in [6, 6.07) is 6.62. The lowest BCUT2D eigenvalue weighted by Crippen LogP contribution is -2.13. The number of rotatable bonds is 2. The second kappa shape index (κ2) is 4.39. The van der Waals surface area contributed by atoms with Gasteiger partial charge >= 0.3 is 0 Å². The van der Waals surface area contributed by atoms with Gasteiger partial charge in [0.15, 0.2) is 0 Å². The van der Waals surface area contributed by atoms with Crippen molar-refractivity contribution in [3.05, 3.63) is 48.5 Å². The quantitative estimate of drug-likeness (QED) is 0.789. The summed E-state index contributed by atoms with van der Waals surface area (Å²) in [5.74, 6) is -0.272. The number of nitrogens with two attached hydrogens (primary N) is 1. The highest BCUT2D eigenvalue weighted by Gasteiger charge is 2.06. The Kier molecular flexibility index (Phi) is 2.77. The van der Waals surface area contributed by atoms with Crippen LogP contribution in [0, 0.1) is 0 Å². The summed E-state index contributed by atoms with van der Waals surface area (Å²) >= 11 is 0. The molecule has 16 heavy (non-hydrogen) atoms. The first-order chi connectivity index (χ1) is 7.75. The third-order valence-corrected chi connectivity index (χ3v) is 1.96. The van der Waals surface area contributed by atoms with Crippen molar-refractivity contribution in [1.29, 1.82) is 0 Å². The van der Waals surface area contributed by atoms with Gasteiger partial charge in [0.2, 0.25) is 0 Å². The van der Waals surface area contributed by atoms with Crippen molar-refractivity contribution in [3.8, 4) is 0 Å². The Morgan fingerprint density at radius 2 is 1.94 bits per heavy atom. The van der Waals surface area contributed by atoms with Gasteiger partial charge in [-0.3, -0.25) is 9.78 Å². The second-order valence-corrected chi connectivity index (χ2v) is 3.17. The minimum absolute atomic E-state index is 0.272. The number of nitrogens with zero attached hydrogens (tertiary/aromatic N) is 2. The highest BCUT2D eigenvalue weighted by Crippen LogP contribution is 2.07. The Bertz CT molecular complexity index is 481. The average Bonchev–Trinajstić information content (AvgIpc) is 2.31. The number of carbonyl (C=O) groups excluding carboxylic acids is 1. The third-order valence-electron chi connectivity index (χ3n) is 1.96. The molecule has 0 radical (unpaired) electrons. The molecule has 0 atom stereocenters. The monoisotopic (exact) mass is 214 g/mol. The van der Waals surface area contributed by atoms with Gasteiger partial charge in [0.05, 0.1) is 11.9 Å². The Hall–Kier alpha value is -2.43. The molecular formula is C11H10N4O. The molecule has 0 fully saturated rings. The number of nitrogens with one attached hydrogen (secondary N) is 1. The standard InChI is InChI=1S/C11H10N4O/c12-8-1-2-10(14-7-8)11(16)15-9-3-5-13-6-4-9/h1-7H,12H2,(H,13,15,16). The number of aromatic nitrogens is 2. The van der Waals surface area contributed by atoms with Crippen LogP contribution in [0.25, 0.3) is 0 Å². The molecule has 2 rings (SSSR count). The topological polar surface area (TPSA) is 80.9 Å². The van der Waals surface area contributed by atoms with Crippen LogP contribution in [-0.4, -0.2) is 15.9 Å². The van der Waals surface area contributed by atoms with Crippen LogP contribution in [-0.2, 0) is 0 Å². The van der Waals surface area contributed by atoms with Gasteiger partial charge in [-0.1, -0.05) is 0 Å². The van der Waals surface area contributed by atoms with E-state index in [1.807, 2.05) is 0 Å². The minimum atomic E-state index is -0.272. The van der Waals surface area contributed by atoms with Gasteiger partial charge in [-0.15, -0.1) is 0 Å². The number of anilines is 2. The largest absolute Gasteiger partial charge is 0.397 e. The van der Waals surface area contributed by atoms with Crippen LogP contribution in [0.2, 0.25) is 0 Å². The van der Waals surface area contributed by atoms with E-state index in [0.29, 0.717) is 17.1 Å². The van der Waals surface area contributed by atoms with Crippen molar-refractivity contribution in [2.24, 2.45) is 0 Å². The first-order valence-corrected chi connectivity index (χ1v) is 4.68. The molecule has 0 aromatic carbocycles. The zero-order valence-electron chi connectivity index (χ0n) is 8.42. The molecule has 0 unspecified atom stereocenters. The number of carbonyl (C=O) groups is 1. The zero-order valence-corrected chi connectivity index (χ0v) is 8.42. The van der Waals surface area contributed by atoms with Gasteiger partial charge < -0.3 is 11.1 Å². The van der Waals surface area contributed by atoms with Crippen LogP contribution in [0.3, 0.4) is 0 Å². The van der Waals surface area contributed by atoms with Crippen molar-refractivity contribution < 1.29 is 4.79 Å². The molecule has 0 saturated heterocycles. The predicted octanol–water partition coefficient (Wildman–Crippen LogP) is 1.31. The minimum Gasteiger partial charge on any atom is -0.397 e. The maximum absolute atomic E-state index is 11.7. The van der Waals surface area contributed by atoms with Crippen molar-refractivity contribution in [3.63, 3.8) is 0 Å². The number of nitrogen functional groups attached to an aromatic ring is 1. The van der Waals surface area contributed by atoms with Crippen LogP contribution in [0.5, 0.6) is 0 Å². The van der Waals surface area contributed by atoms with E-state index in [-0.39, 0.29) is 5.91 Å². The van der Waals surface area contributed by atoms with Crippen molar-refractivity contribution in [2.45, 2.75) is 0 Å². The molecule has 2 aromatic rings. The molecule has 2 heterocycles. The van der Waals surface area contributed by atoms with E-state index < -0.39 is 0 Å². The molecule has 5 nitrogen and oxygen atoms in total. The van der Waals surface area contributed by atoms with Gasteiger partial charge in [0, 0.05) is 18.1 Å². The summed E-state index contributed by atoms with van der Waals surface area (Å²) in [6.45, 7) is 0. The molecule has 1 amide bonds. The Morgan fingerprint density at radius 1 is 1.19 bits per heavy atom. The molecule has 0 aliphatic rings. The van der Waals surface area contributed by atoms with Gasteiger partial charge in [-0.25, -0.2) is 4.98 Å².